The van der Waals surface area contributed by atoms with Gasteiger partial charge in [-0.3, -0.25) is 57.5 Å². The third kappa shape index (κ3) is 25.7. The summed E-state index contributed by atoms with van der Waals surface area (Å²) in [5.74, 6) is -14.3. The highest BCUT2D eigenvalue weighted by molar-refractivity contribution is 7.80. The molecule has 0 saturated carbocycles. The molecule has 0 spiro atoms. The number of carboxylic acid groups (broad SMARTS) is 2. The Morgan fingerprint density at radius 2 is 0.990 bits per heavy atom. The van der Waals surface area contributed by atoms with Gasteiger partial charge in [-0.1, -0.05) is 90.4 Å². The van der Waals surface area contributed by atoms with E-state index in [0.29, 0.717) is 28.9 Å². The normalized spacial score (nSPS) is 16.1. The van der Waals surface area contributed by atoms with Gasteiger partial charge in [0, 0.05) is 67.5 Å². The van der Waals surface area contributed by atoms with Gasteiger partial charge in [-0.25, -0.2) is 14.8 Å². The number of phenolic OH excluding ortho intramolecular Hbond substituents is 1. The van der Waals surface area contributed by atoms with E-state index in [1.165, 1.54) is 54.2 Å². The molecule has 1 fully saturated rings. The highest BCUT2D eigenvalue weighted by Gasteiger charge is 2.41. The van der Waals surface area contributed by atoms with Gasteiger partial charge in [-0.05, 0) is 66.7 Å². The summed E-state index contributed by atoms with van der Waals surface area (Å²) < 4.78 is 0. The number of aromatic nitrogens is 4. The lowest BCUT2D eigenvalue weighted by atomic mass is 9.96. The molecule has 34 heteroatoms. The molecule has 1 saturated heterocycles. The Hall–Kier alpha value is -9.57. The summed E-state index contributed by atoms with van der Waals surface area (Å²) in [7, 11) is 0. The van der Waals surface area contributed by atoms with Crippen LogP contribution in [0, 0.1) is 17.8 Å². The zero-order valence-corrected chi connectivity index (χ0v) is 57.7. The van der Waals surface area contributed by atoms with E-state index >= 15 is 0 Å². The number of nitrogens with one attached hydrogen (secondary N) is 12. The average molecular weight is 1420 g/mol. The topological polar surface area (TPSA) is 490 Å². The number of imidazole rings is 2. The van der Waals surface area contributed by atoms with Crippen LogP contribution in [0.3, 0.4) is 0 Å². The van der Waals surface area contributed by atoms with Crippen LogP contribution < -0.4 is 58.9 Å². The van der Waals surface area contributed by atoms with Crippen LogP contribution in [0.4, 0.5) is 0 Å². The number of carboxylic acids is 2. The predicted octanol–water partition coefficient (Wildman–Crippen LogP) is -1.54. The number of aromatic amines is 2. The molecule has 1 aliphatic rings. The lowest BCUT2D eigenvalue weighted by molar-refractivity contribution is -0.143. The second-order valence-electron chi connectivity index (χ2n) is 25.1. The summed E-state index contributed by atoms with van der Waals surface area (Å²) in [4.78, 5) is 194. The van der Waals surface area contributed by atoms with Crippen LogP contribution in [-0.4, -0.2) is 208 Å². The Morgan fingerprint density at radius 3 is 1.48 bits per heavy atom. The number of rotatable bonds is 40. The first-order chi connectivity index (χ1) is 47.0. The number of benzene rings is 2. The molecule has 11 amide bonds. The van der Waals surface area contributed by atoms with Crippen molar-refractivity contribution in [1.29, 1.82) is 0 Å². The van der Waals surface area contributed by atoms with Crippen molar-refractivity contribution in [2.45, 2.75) is 172 Å². The molecule has 2 aromatic heterocycles. The number of aromatic hydroxyl groups is 1. The van der Waals surface area contributed by atoms with Gasteiger partial charge < -0.3 is 89.1 Å². The zero-order valence-electron chi connectivity index (χ0n) is 56.0. The minimum atomic E-state index is -1.93. The van der Waals surface area contributed by atoms with Crippen molar-refractivity contribution in [2.75, 3.05) is 24.6 Å². The van der Waals surface area contributed by atoms with Gasteiger partial charge >= 0.3 is 11.9 Å². The van der Waals surface area contributed by atoms with Crippen molar-refractivity contribution in [3.63, 3.8) is 0 Å². The molecule has 2 aromatic carbocycles. The van der Waals surface area contributed by atoms with E-state index in [4.69, 9.17) is 5.73 Å². The summed E-state index contributed by atoms with van der Waals surface area (Å²) in [5.41, 5.74) is 7.42. The number of hydrogen-bond acceptors (Lipinski definition) is 19. The number of H-pyrrole nitrogens is 2. The molecule has 540 valence electrons. The Kier molecular flexibility index (Phi) is 32.2. The van der Waals surface area contributed by atoms with Gasteiger partial charge in [0.2, 0.25) is 65.0 Å². The van der Waals surface area contributed by atoms with Crippen LogP contribution in [0.15, 0.2) is 79.6 Å². The molecule has 17 N–H and O–H groups in total. The first-order valence-corrected chi connectivity index (χ1v) is 33.8. The maximum absolute atomic E-state index is 14.6. The number of aliphatic carboxylic acids is 2. The van der Waals surface area contributed by atoms with Crippen molar-refractivity contribution < 1.29 is 77.6 Å². The lowest BCUT2D eigenvalue weighted by Gasteiger charge is -2.30. The van der Waals surface area contributed by atoms with E-state index in [9.17, 15) is 77.6 Å². The van der Waals surface area contributed by atoms with Gasteiger partial charge in [0.05, 0.1) is 25.6 Å². The molecule has 0 unspecified atom stereocenters. The first kappa shape index (κ1) is 80.1. The van der Waals surface area contributed by atoms with Crippen LogP contribution >= 0.6 is 25.3 Å². The fourth-order valence-corrected chi connectivity index (χ4v) is 11.3. The lowest BCUT2D eigenvalue weighted by Crippen LogP contribution is -2.61. The number of amides is 11. The van der Waals surface area contributed by atoms with Crippen LogP contribution in [0.2, 0.25) is 0 Å². The fourth-order valence-electron chi connectivity index (χ4n) is 10.8. The highest BCUT2D eigenvalue weighted by atomic mass is 32.1. The SMILES string of the molecule is CC[C@H](C)[C@H](NC(=O)[C@H](Cc1cnc[nH]1)NC(=O)[C@H](CS)NC(=O)[C@H](CC(C)C)NC(=O)[C@H](CC(=O)O)NC(=O)[C@H](Cc1ccc(O)cc1)NC(=O)[C@@H]1CCCN1C(=O)[C@H](CS)NC(=O)[C@H](Cc1cnc[nH]1)NC(=O)[C@H](Cc1ccccc1)NC(=O)CN)C(=O)N[C@@H](CC(C)C)C(=O)O. The van der Waals surface area contributed by atoms with Crippen molar-refractivity contribution in [3.05, 3.63) is 102 Å². The van der Waals surface area contributed by atoms with Gasteiger partial charge in [0.15, 0.2) is 0 Å². The predicted molar refractivity (Wildman–Crippen MR) is 366 cm³/mol. The Balaban J connectivity index is 1.33. The van der Waals surface area contributed by atoms with Crippen LogP contribution in [-0.2, 0) is 88.0 Å². The van der Waals surface area contributed by atoms with Crippen molar-refractivity contribution >= 4 is 102 Å². The maximum atomic E-state index is 14.6. The second-order valence-corrected chi connectivity index (χ2v) is 25.8. The van der Waals surface area contributed by atoms with Crippen LogP contribution in [0.1, 0.15) is 103 Å². The molecule has 3 heterocycles. The highest BCUT2D eigenvalue weighted by Crippen LogP contribution is 2.21. The number of thiol groups is 2. The number of carbonyl (C=O) groups is 13. The smallest absolute Gasteiger partial charge is 0.326 e. The first-order valence-electron chi connectivity index (χ1n) is 32.5. The summed E-state index contributed by atoms with van der Waals surface area (Å²) in [6, 6.07) is -1.48. The molecule has 12 atom stereocenters. The minimum Gasteiger partial charge on any atom is -0.508 e. The van der Waals surface area contributed by atoms with Crippen LogP contribution in [0.5, 0.6) is 5.75 Å². The Labute approximate surface area is 583 Å². The number of phenols is 1. The summed E-state index contributed by atoms with van der Waals surface area (Å²) >= 11 is 8.68. The molecule has 0 aliphatic carbocycles. The molecular weight excluding hydrogens is 1320 g/mol. The summed E-state index contributed by atoms with van der Waals surface area (Å²) in [6.45, 7) is 9.98. The number of hydrogen-bond donors (Lipinski definition) is 18. The number of nitrogens with two attached hydrogens (primary N) is 1. The van der Waals surface area contributed by atoms with Crippen molar-refractivity contribution in [3.8, 4) is 5.75 Å². The van der Waals surface area contributed by atoms with Crippen molar-refractivity contribution in [1.82, 2.24) is 78.0 Å². The maximum Gasteiger partial charge on any atom is 0.326 e. The van der Waals surface area contributed by atoms with Crippen molar-refractivity contribution in [2.24, 2.45) is 23.5 Å². The van der Waals surface area contributed by atoms with E-state index in [-0.39, 0.29) is 87.0 Å². The standard InChI is InChI=1S/C65H92N16O16S2/c1-7-36(6)54(63(94)77-48(65(96)97)21-35(4)5)80-60(91)46(25-40-29-68-33-70-40)74-61(92)49(30-98)78-55(86)42(20-34(2)3)72-59(90)47(26-53(84)85)75-57(88)44(23-38-15-17-41(82)18-16-38)76-62(93)51-14-11-19-81(51)64(95)50(31-99)79-58(89)45(24-39-28-67-32-69-39)73-56(87)43(71-52(83)27-66)22-37-12-9-8-10-13-37/h8-10,12-13,15-18,28-29,32-36,42-51,54,82,98-99H,7,11,14,19-27,30-31,66H2,1-6H3,(H,67,69)(H,68,70)(H,71,83)(H,72,90)(H,73,87)(H,74,92)(H,75,88)(H,76,93)(H,77,94)(H,78,86)(H,79,89)(H,80,91)(H,84,85)(H,96,97)/t36-,42-,43-,44-,45-,46-,47-,48-,49-,50-,51-,54-/m0/s1. The monoisotopic (exact) mass is 1420 g/mol. The van der Waals surface area contributed by atoms with Crippen LogP contribution in [0.25, 0.3) is 0 Å². The third-order valence-electron chi connectivity index (χ3n) is 16.3. The molecule has 4 aromatic rings. The van der Waals surface area contributed by atoms with E-state index in [1.54, 1.807) is 71.9 Å². The molecule has 0 bridgehead atoms. The number of nitrogens with zero attached hydrogens (tertiary/aromatic N) is 3. The van der Waals surface area contributed by atoms with Gasteiger partial charge in [-0.15, -0.1) is 0 Å². The largest absolute Gasteiger partial charge is 0.508 e. The molecule has 1 aliphatic heterocycles. The fraction of sp³-hybridized carbons (Fsp3) is 0.523. The second kappa shape index (κ2) is 39.7. The van der Waals surface area contributed by atoms with E-state index in [1.807, 2.05) is 0 Å². The molecular formula is C65H92N16O16S2. The molecule has 99 heavy (non-hydrogen) atoms. The van der Waals surface area contributed by atoms with Gasteiger partial charge in [0.1, 0.15) is 72.2 Å². The van der Waals surface area contributed by atoms with Gasteiger partial charge in [-0.2, -0.15) is 25.3 Å². The molecule has 0 radical (unpaired) electrons. The Morgan fingerprint density at radius 1 is 0.545 bits per heavy atom. The van der Waals surface area contributed by atoms with E-state index < -0.39 is 162 Å². The number of likely N-dealkylation sites (tertiary alicyclic amines) is 1. The Bertz CT molecular complexity index is 3380. The summed E-state index contributed by atoms with van der Waals surface area (Å²) in [5, 5.41) is 55.8. The minimum absolute atomic E-state index is 0.00456. The molecule has 5 rings (SSSR count). The third-order valence-corrected chi connectivity index (χ3v) is 17.0. The summed E-state index contributed by atoms with van der Waals surface area (Å²) in [6.07, 6.45) is 4.50. The number of carbonyl (C=O) groups excluding carboxylic acids is 11. The quantitative estimate of drug-likeness (QED) is 0.0225. The molecule has 32 nitrogen and oxygen atoms in total. The average Bonchev–Trinajstić information content (AvgIpc) is 1.80. The zero-order chi connectivity index (χ0) is 73.0. The van der Waals surface area contributed by atoms with E-state index in [0.717, 1.165) is 0 Å². The van der Waals surface area contributed by atoms with Gasteiger partial charge in [0.25, 0.3) is 0 Å². The van der Waals surface area contributed by atoms with E-state index in [2.05, 4.69) is 98.4 Å².